The fourth-order valence-corrected chi connectivity index (χ4v) is 3.62. The van der Waals surface area contributed by atoms with Crippen LogP contribution in [0.3, 0.4) is 0 Å². The largest absolute Gasteiger partial charge is 0.491 e. The summed E-state index contributed by atoms with van der Waals surface area (Å²) in [5, 5.41) is 3.17. The molecule has 1 aliphatic carbocycles. The van der Waals surface area contributed by atoms with E-state index in [1.807, 2.05) is 19.1 Å². The third-order valence-electron chi connectivity index (χ3n) is 5.30. The number of methoxy groups -OCH3 is 1. The highest BCUT2D eigenvalue weighted by atomic mass is 19.1. The Morgan fingerprint density at radius 1 is 1.37 bits per heavy atom. The first-order valence-corrected chi connectivity index (χ1v) is 10.2. The van der Waals surface area contributed by atoms with Crippen molar-refractivity contribution in [2.24, 2.45) is 0 Å². The minimum Gasteiger partial charge on any atom is -0.491 e. The number of nitrogens with one attached hydrogen (secondary N) is 1. The Bertz CT molecular complexity index is 985. The van der Waals surface area contributed by atoms with Crippen molar-refractivity contribution in [3.05, 3.63) is 53.0 Å². The molecule has 2 heterocycles. The molecule has 7 heteroatoms. The highest BCUT2D eigenvalue weighted by Crippen LogP contribution is 2.42. The second-order valence-electron chi connectivity index (χ2n) is 7.34. The van der Waals surface area contributed by atoms with Gasteiger partial charge in [-0.25, -0.2) is 14.2 Å². The van der Waals surface area contributed by atoms with Gasteiger partial charge in [0.05, 0.1) is 38.2 Å². The maximum atomic E-state index is 14.8. The van der Waals surface area contributed by atoms with Gasteiger partial charge in [0.2, 0.25) is 0 Å². The van der Waals surface area contributed by atoms with Crippen molar-refractivity contribution in [3.8, 4) is 5.75 Å². The fourth-order valence-electron chi connectivity index (χ4n) is 3.62. The second kappa shape index (κ2) is 8.83. The smallest absolute Gasteiger partial charge is 0.341 e. The Labute approximate surface area is 175 Å². The number of carbonyl (C=O) groups excluding carboxylic acids is 1. The van der Waals surface area contributed by atoms with E-state index in [-0.39, 0.29) is 5.82 Å². The Morgan fingerprint density at radius 3 is 2.87 bits per heavy atom. The van der Waals surface area contributed by atoms with Crippen LogP contribution in [-0.2, 0) is 9.47 Å². The maximum Gasteiger partial charge on any atom is 0.341 e. The van der Waals surface area contributed by atoms with E-state index in [0.717, 1.165) is 24.0 Å². The normalized spacial score (nSPS) is 16.0. The van der Waals surface area contributed by atoms with Gasteiger partial charge in [-0.15, -0.1) is 0 Å². The van der Waals surface area contributed by atoms with Crippen molar-refractivity contribution >= 4 is 23.0 Å². The third-order valence-corrected chi connectivity index (χ3v) is 5.30. The molecule has 2 aromatic rings. The number of hydrogen-bond acceptors (Lipinski definition) is 6. The summed E-state index contributed by atoms with van der Waals surface area (Å²) in [4.78, 5) is 16.9. The van der Waals surface area contributed by atoms with Gasteiger partial charge in [0.25, 0.3) is 0 Å². The van der Waals surface area contributed by atoms with Crippen LogP contribution in [0.25, 0.3) is 5.57 Å². The minimum atomic E-state index is -0.472. The van der Waals surface area contributed by atoms with Crippen LogP contribution < -0.4 is 10.1 Å². The Hall–Kier alpha value is -2.93. The molecule has 1 aromatic heterocycles. The summed E-state index contributed by atoms with van der Waals surface area (Å²) in [6.45, 7) is 3.19. The molecule has 1 saturated carbocycles. The third kappa shape index (κ3) is 4.16. The van der Waals surface area contributed by atoms with E-state index in [9.17, 15) is 9.18 Å². The molecule has 158 valence electrons. The molecule has 0 atom stereocenters. The second-order valence-corrected chi connectivity index (χ2v) is 7.34. The van der Waals surface area contributed by atoms with Crippen LogP contribution >= 0.6 is 0 Å². The minimum absolute atomic E-state index is 0.348. The van der Waals surface area contributed by atoms with Crippen LogP contribution in [0.4, 0.5) is 15.9 Å². The highest BCUT2D eigenvalue weighted by molar-refractivity contribution is 5.96. The molecule has 1 aromatic carbocycles. The van der Waals surface area contributed by atoms with Gasteiger partial charge in [0.1, 0.15) is 17.2 Å². The van der Waals surface area contributed by atoms with Crippen molar-refractivity contribution in [1.29, 1.82) is 0 Å². The van der Waals surface area contributed by atoms with Gasteiger partial charge in [-0.2, -0.15) is 0 Å². The number of nitrogens with zero attached hydrogens (tertiary/aromatic N) is 1. The molecule has 30 heavy (non-hydrogen) atoms. The van der Waals surface area contributed by atoms with E-state index in [0.29, 0.717) is 60.5 Å². The number of benzene rings is 1. The van der Waals surface area contributed by atoms with Crippen LogP contribution in [0.15, 0.2) is 30.5 Å². The molecule has 4 rings (SSSR count). The van der Waals surface area contributed by atoms with Crippen LogP contribution in [0.5, 0.6) is 5.75 Å². The monoisotopic (exact) mass is 412 g/mol. The molecule has 0 radical (unpaired) electrons. The molecule has 0 saturated heterocycles. The lowest BCUT2D eigenvalue weighted by molar-refractivity contribution is 0.0601. The molecule has 0 bridgehead atoms. The molecule has 0 spiro atoms. The van der Waals surface area contributed by atoms with Gasteiger partial charge in [-0.1, -0.05) is 6.08 Å². The number of hydrogen-bond donors (Lipinski definition) is 1. The van der Waals surface area contributed by atoms with Crippen molar-refractivity contribution < 1.29 is 23.4 Å². The zero-order valence-corrected chi connectivity index (χ0v) is 17.2. The number of rotatable bonds is 7. The Kier molecular flexibility index (Phi) is 5.99. The predicted molar refractivity (Wildman–Crippen MR) is 112 cm³/mol. The molecule has 0 unspecified atom stereocenters. The zero-order valence-electron chi connectivity index (χ0n) is 17.2. The summed E-state index contributed by atoms with van der Waals surface area (Å²) in [7, 11) is 1.34. The van der Waals surface area contributed by atoms with Crippen LogP contribution in [0, 0.1) is 5.82 Å². The molecule has 1 fully saturated rings. The number of esters is 1. The van der Waals surface area contributed by atoms with Gasteiger partial charge in [-0.05, 0) is 61.4 Å². The van der Waals surface area contributed by atoms with Crippen molar-refractivity contribution in [2.75, 3.05) is 32.2 Å². The number of halogens is 1. The highest BCUT2D eigenvalue weighted by Gasteiger charge is 2.27. The van der Waals surface area contributed by atoms with Crippen molar-refractivity contribution in [2.45, 2.75) is 32.1 Å². The molecule has 0 amide bonds. The summed E-state index contributed by atoms with van der Waals surface area (Å²) in [6, 6.07) is 4.82. The molecule has 2 aliphatic rings. The van der Waals surface area contributed by atoms with E-state index in [1.165, 1.54) is 13.2 Å². The number of carbonyl (C=O) groups is 1. The number of aromatic nitrogens is 1. The molecular formula is C23H25FN2O4. The van der Waals surface area contributed by atoms with E-state index < -0.39 is 5.97 Å². The zero-order chi connectivity index (χ0) is 21.1. The lowest BCUT2D eigenvalue weighted by Gasteiger charge is -2.21. The van der Waals surface area contributed by atoms with Crippen LogP contribution in [-0.4, -0.2) is 37.9 Å². The van der Waals surface area contributed by atoms with E-state index >= 15 is 0 Å². The lowest BCUT2D eigenvalue weighted by atomic mass is 9.98. The van der Waals surface area contributed by atoms with Crippen molar-refractivity contribution in [1.82, 2.24) is 4.98 Å². The van der Waals surface area contributed by atoms with Crippen molar-refractivity contribution in [3.63, 3.8) is 0 Å². The quantitative estimate of drug-likeness (QED) is 0.657. The van der Waals surface area contributed by atoms with Gasteiger partial charge in [0.15, 0.2) is 5.75 Å². The first-order valence-electron chi connectivity index (χ1n) is 10.2. The van der Waals surface area contributed by atoms with Gasteiger partial charge in [-0.3, -0.25) is 0 Å². The summed E-state index contributed by atoms with van der Waals surface area (Å²) in [5.41, 5.74) is 3.17. The van der Waals surface area contributed by atoms with Gasteiger partial charge >= 0.3 is 5.97 Å². The molecule has 1 aliphatic heterocycles. The molecule has 6 nitrogen and oxygen atoms in total. The Balaban J connectivity index is 1.76. The summed E-state index contributed by atoms with van der Waals surface area (Å²) in [5.74, 6) is 0.370. The van der Waals surface area contributed by atoms with E-state index in [2.05, 4.69) is 10.3 Å². The maximum absolute atomic E-state index is 14.8. The number of ether oxygens (including phenoxy) is 3. The topological polar surface area (TPSA) is 69.7 Å². The first-order chi connectivity index (χ1) is 14.6. The van der Waals surface area contributed by atoms with Crippen LogP contribution in [0.1, 0.15) is 53.6 Å². The summed E-state index contributed by atoms with van der Waals surface area (Å²) >= 11 is 0. The fraction of sp³-hybridized carbons (Fsp3) is 0.391. The first kappa shape index (κ1) is 20.3. The van der Waals surface area contributed by atoms with Crippen LogP contribution in [0.2, 0.25) is 0 Å². The number of pyridine rings is 1. The lowest BCUT2D eigenvalue weighted by Crippen LogP contribution is -2.11. The summed E-state index contributed by atoms with van der Waals surface area (Å²) < 4.78 is 31.0. The van der Waals surface area contributed by atoms with Gasteiger partial charge in [0, 0.05) is 6.20 Å². The molecule has 1 N–H and O–H groups in total. The summed E-state index contributed by atoms with van der Waals surface area (Å²) in [6.07, 6.45) is 6.45. The van der Waals surface area contributed by atoms with E-state index in [4.69, 9.17) is 14.2 Å². The predicted octanol–water partition coefficient (Wildman–Crippen LogP) is 4.83. The Morgan fingerprint density at radius 2 is 2.20 bits per heavy atom. The average molecular weight is 412 g/mol. The van der Waals surface area contributed by atoms with E-state index in [1.54, 1.807) is 12.3 Å². The standard InChI is InChI=1S/C23H25FN2O4/c1-3-30-21-19(7-6-18(24)20(21)15-8-10-29-11-9-15)26-22-17(23(27)28-2)12-16(13-25-22)14-4-5-14/h6-8,12-14H,3-5,9-11H2,1-2H3,(H,25,26). The molecular weight excluding hydrogens is 387 g/mol. The van der Waals surface area contributed by atoms with Gasteiger partial charge < -0.3 is 19.5 Å². The average Bonchev–Trinajstić information content (AvgIpc) is 3.61. The number of anilines is 2. The SMILES string of the molecule is CCOc1c(Nc2ncc(C3CC3)cc2C(=O)OC)ccc(F)c1C1=CCOCC1.